The molecular formula is C12H20ClN3O2. The Bertz CT molecular complexity index is 419. The van der Waals surface area contributed by atoms with Crippen molar-refractivity contribution >= 4 is 18.3 Å². The molecule has 5 nitrogen and oxygen atoms in total. The van der Waals surface area contributed by atoms with Crippen molar-refractivity contribution in [3.05, 3.63) is 17.3 Å². The molecule has 0 bridgehead atoms. The van der Waals surface area contributed by atoms with E-state index in [4.69, 9.17) is 4.42 Å². The fraction of sp³-hybridized carbons (Fsp3) is 0.667. The molecule has 1 fully saturated rings. The Hall–Kier alpha value is -1.07. The molecule has 1 unspecified atom stereocenters. The minimum atomic E-state index is -0.0270. The molecule has 18 heavy (non-hydrogen) atoms. The van der Waals surface area contributed by atoms with Crippen LogP contribution in [-0.2, 0) is 0 Å². The summed E-state index contributed by atoms with van der Waals surface area (Å²) in [6.45, 7) is 5.22. The van der Waals surface area contributed by atoms with Gasteiger partial charge in [-0.2, -0.15) is 0 Å². The van der Waals surface area contributed by atoms with Crippen LogP contribution in [0.3, 0.4) is 0 Å². The summed E-state index contributed by atoms with van der Waals surface area (Å²) in [5.74, 6) is 0.918. The number of carbonyl (C=O) groups excluding carboxylic acids is 1. The van der Waals surface area contributed by atoms with Crippen LogP contribution in [0.15, 0.2) is 4.42 Å². The van der Waals surface area contributed by atoms with Crippen LogP contribution < -0.4 is 5.32 Å². The third-order valence-electron chi connectivity index (χ3n) is 3.18. The molecule has 1 aliphatic heterocycles. The molecule has 6 heteroatoms. The monoisotopic (exact) mass is 273 g/mol. The van der Waals surface area contributed by atoms with E-state index in [0.717, 1.165) is 25.9 Å². The Labute approximate surface area is 113 Å². The Kier molecular flexibility index (Phi) is 5.16. The van der Waals surface area contributed by atoms with E-state index in [9.17, 15) is 4.79 Å². The SMILES string of the molecule is CNCC1CCCN1C(=O)c1oc(C)nc1C.Cl. The highest BCUT2D eigenvalue weighted by Crippen LogP contribution is 2.21. The molecule has 1 aromatic rings. The summed E-state index contributed by atoms with van der Waals surface area (Å²) in [4.78, 5) is 18.4. The van der Waals surface area contributed by atoms with Crippen LogP contribution in [0.1, 0.15) is 35.0 Å². The first-order valence-electron chi connectivity index (χ1n) is 6.03. The van der Waals surface area contributed by atoms with Crippen molar-refractivity contribution in [1.82, 2.24) is 15.2 Å². The lowest BCUT2D eigenvalue weighted by Gasteiger charge is -2.23. The number of likely N-dealkylation sites (tertiary alicyclic amines) is 1. The van der Waals surface area contributed by atoms with E-state index in [1.807, 2.05) is 18.9 Å². The van der Waals surface area contributed by atoms with Gasteiger partial charge in [-0.15, -0.1) is 12.4 Å². The van der Waals surface area contributed by atoms with Gasteiger partial charge in [0.15, 0.2) is 5.89 Å². The van der Waals surface area contributed by atoms with Crippen molar-refractivity contribution in [2.75, 3.05) is 20.1 Å². The topological polar surface area (TPSA) is 58.4 Å². The number of hydrogen-bond donors (Lipinski definition) is 1. The van der Waals surface area contributed by atoms with E-state index in [1.54, 1.807) is 6.92 Å². The third kappa shape index (κ3) is 2.84. The molecule has 2 heterocycles. The number of hydrogen-bond acceptors (Lipinski definition) is 4. The van der Waals surface area contributed by atoms with Crippen LogP contribution in [0.5, 0.6) is 0 Å². The molecule has 2 rings (SSSR count). The zero-order valence-corrected chi connectivity index (χ0v) is 11.8. The van der Waals surface area contributed by atoms with E-state index in [1.165, 1.54) is 0 Å². The molecule has 1 aliphatic rings. The fourth-order valence-corrected chi connectivity index (χ4v) is 2.41. The maximum Gasteiger partial charge on any atom is 0.291 e. The first-order valence-corrected chi connectivity index (χ1v) is 6.03. The Morgan fingerprint density at radius 3 is 2.83 bits per heavy atom. The molecule has 0 saturated carbocycles. The molecule has 1 atom stereocenters. The second kappa shape index (κ2) is 6.20. The number of carbonyl (C=O) groups is 1. The maximum atomic E-state index is 12.3. The molecule has 102 valence electrons. The highest BCUT2D eigenvalue weighted by atomic mass is 35.5. The van der Waals surface area contributed by atoms with Gasteiger partial charge in [0.1, 0.15) is 0 Å². The van der Waals surface area contributed by atoms with E-state index in [2.05, 4.69) is 10.3 Å². The molecule has 1 amide bonds. The van der Waals surface area contributed by atoms with Gasteiger partial charge in [-0.05, 0) is 26.8 Å². The lowest BCUT2D eigenvalue weighted by molar-refractivity contribution is 0.0702. The smallest absolute Gasteiger partial charge is 0.291 e. The van der Waals surface area contributed by atoms with Crippen molar-refractivity contribution in [1.29, 1.82) is 0 Å². The summed E-state index contributed by atoms with van der Waals surface area (Å²) in [6, 6.07) is 0.275. The Morgan fingerprint density at radius 1 is 1.56 bits per heavy atom. The lowest BCUT2D eigenvalue weighted by Crippen LogP contribution is -2.40. The lowest BCUT2D eigenvalue weighted by atomic mass is 10.2. The van der Waals surface area contributed by atoms with E-state index in [0.29, 0.717) is 17.3 Å². The van der Waals surface area contributed by atoms with Crippen LogP contribution in [-0.4, -0.2) is 42.0 Å². The number of aryl methyl sites for hydroxylation is 2. The number of amides is 1. The molecule has 1 N–H and O–H groups in total. The molecular weight excluding hydrogens is 254 g/mol. The van der Waals surface area contributed by atoms with Crippen LogP contribution in [0.25, 0.3) is 0 Å². The average molecular weight is 274 g/mol. The minimum Gasteiger partial charge on any atom is -0.436 e. The summed E-state index contributed by atoms with van der Waals surface area (Å²) < 4.78 is 5.39. The normalized spacial score (nSPS) is 18.8. The molecule has 0 spiro atoms. The molecule has 1 aromatic heterocycles. The van der Waals surface area contributed by atoms with Gasteiger partial charge in [-0.1, -0.05) is 0 Å². The number of nitrogens with one attached hydrogen (secondary N) is 1. The maximum absolute atomic E-state index is 12.3. The number of rotatable bonds is 3. The van der Waals surface area contributed by atoms with Gasteiger partial charge in [-0.25, -0.2) is 4.98 Å². The van der Waals surface area contributed by atoms with Crippen molar-refractivity contribution in [3.63, 3.8) is 0 Å². The average Bonchev–Trinajstić information content (AvgIpc) is 2.85. The quantitative estimate of drug-likeness (QED) is 0.908. The standard InChI is InChI=1S/C12H19N3O2.ClH/c1-8-11(17-9(2)14-8)12(16)15-6-4-5-10(15)7-13-3;/h10,13H,4-7H2,1-3H3;1H. The predicted molar refractivity (Wildman–Crippen MR) is 71.2 cm³/mol. The summed E-state index contributed by atoms with van der Waals surface area (Å²) in [7, 11) is 1.91. The van der Waals surface area contributed by atoms with E-state index < -0.39 is 0 Å². The first kappa shape index (κ1) is 15.0. The largest absolute Gasteiger partial charge is 0.436 e. The van der Waals surface area contributed by atoms with Crippen molar-refractivity contribution < 1.29 is 9.21 Å². The summed E-state index contributed by atoms with van der Waals surface area (Å²) in [5, 5.41) is 3.13. The molecule has 0 aromatic carbocycles. The second-order valence-electron chi connectivity index (χ2n) is 4.50. The highest BCUT2D eigenvalue weighted by Gasteiger charge is 2.31. The first-order chi connectivity index (χ1) is 8.13. The van der Waals surface area contributed by atoms with Crippen molar-refractivity contribution in [2.24, 2.45) is 0 Å². The van der Waals surface area contributed by atoms with Crippen molar-refractivity contribution in [3.8, 4) is 0 Å². The van der Waals surface area contributed by atoms with Gasteiger partial charge < -0.3 is 14.6 Å². The third-order valence-corrected chi connectivity index (χ3v) is 3.18. The molecule has 0 aliphatic carbocycles. The number of likely N-dealkylation sites (N-methyl/N-ethyl adjacent to an activating group) is 1. The van der Waals surface area contributed by atoms with E-state index >= 15 is 0 Å². The van der Waals surface area contributed by atoms with Gasteiger partial charge in [-0.3, -0.25) is 4.79 Å². The Morgan fingerprint density at radius 2 is 2.28 bits per heavy atom. The van der Waals surface area contributed by atoms with Crippen molar-refractivity contribution in [2.45, 2.75) is 32.7 Å². The van der Waals surface area contributed by atoms with Gasteiger partial charge in [0.05, 0.1) is 5.69 Å². The van der Waals surface area contributed by atoms with Gasteiger partial charge >= 0.3 is 0 Å². The number of nitrogens with zero attached hydrogens (tertiary/aromatic N) is 2. The molecule has 1 saturated heterocycles. The molecule has 0 radical (unpaired) electrons. The Balaban J connectivity index is 0.00000162. The zero-order valence-electron chi connectivity index (χ0n) is 11.0. The summed E-state index contributed by atoms with van der Waals surface area (Å²) >= 11 is 0. The number of aromatic nitrogens is 1. The summed E-state index contributed by atoms with van der Waals surface area (Å²) in [6.07, 6.45) is 2.11. The van der Waals surface area contributed by atoms with E-state index in [-0.39, 0.29) is 24.4 Å². The summed E-state index contributed by atoms with van der Waals surface area (Å²) in [5.41, 5.74) is 0.683. The second-order valence-corrected chi connectivity index (χ2v) is 4.50. The highest BCUT2D eigenvalue weighted by molar-refractivity contribution is 5.92. The fourth-order valence-electron chi connectivity index (χ4n) is 2.41. The van der Waals surface area contributed by atoms with Crippen LogP contribution in [0, 0.1) is 13.8 Å². The van der Waals surface area contributed by atoms with Crippen LogP contribution >= 0.6 is 12.4 Å². The van der Waals surface area contributed by atoms with Gasteiger partial charge in [0.2, 0.25) is 5.76 Å². The van der Waals surface area contributed by atoms with Gasteiger partial charge in [0.25, 0.3) is 5.91 Å². The van der Waals surface area contributed by atoms with Gasteiger partial charge in [0, 0.05) is 26.1 Å². The van der Waals surface area contributed by atoms with Crippen LogP contribution in [0.4, 0.5) is 0 Å². The number of halogens is 1. The van der Waals surface area contributed by atoms with Crippen LogP contribution in [0.2, 0.25) is 0 Å². The zero-order chi connectivity index (χ0) is 12.4. The predicted octanol–water partition coefficient (Wildman–Crippen LogP) is 1.54. The number of oxazole rings is 1. The minimum absolute atomic E-state index is 0.